The molecule has 0 bridgehead atoms. The molecule has 0 aliphatic rings. The number of nitrogens with one attached hydrogen (secondary N) is 1. The van der Waals surface area contributed by atoms with E-state index in [-0.39, 0.29) is 18.5 Å². The zero-order chi connectivity index (χ0) is 49.3. The summed E-state index contributed by atoms with van der Waals surface area (Å²) in [6.07, 6.45) is 69.4. The van der Waals surface area contributed by atoms with Gasteiger partial charge in [0, 0.05) is 12.8 Å². The van der Waals surface area contributed by atoms with Crippen LogP contribution in [0.15, 0.2) is 12.2 Å². The van der Waals surface area contributed by atoms with Gasteiger partial charge >= 0.3 is 5.97 Å². The van der Waals surface area contributed by atoms with Gasteiger partial charge in [0.1, 0.15) is 0 Å². The minimum Gasteiger partial charge on any atom is -0.466 e. The Labute approximate surface area is 425 Å². The minimum absolute atomic E-state index is 0.0155. The predicted molar refractivity (Wildman–Crippen MR) is 297 cm³/mol. The smallest absolute Gasteiger partial charge is 0.305 e. The van der Waals surface area contributed by atoms with E-state index in [0.717, 1.165) is 38.5 Å². The van der Waals surface area contributed by atoms with E-state index in [2.05, 4.69) is 31.3 Å². The summed E-state index contributed by atoms with van der Waals surface area (Å²) in [5.74, 6) is -0.0209. The highest BCUT2D eigenvalue weighted by Gasteiger charge is 2.20. The summed E-state index contributed by atoms with van der Waals surface area (Å²) in [4.78, 5) is 24.5. The zero-order valence-electron chi connectivity index (χ0n) is 46.1. The monoisotopic (exact) mass is 960 g/mol. The third-order valence-electron chi connectivity index (χ3n) is 14.6. The lowest BCUT2D eigenvalue weighted by Crippen LogP contribution is -2.45. The molecule has 0 spiro atoms. The normalized spacial score (nSPS) is 12.6. The number of rotatable bonds is 58. The molecule has 6 heteroatoms. The number of unbranched alkanes of at least 4 members (excludes halogenated alkanes) is 45. The van der Waals surface area contributed by atoms with Crippen molar-refractivity contribution in [3.8, 4) is 0 Å². The molecule has 68 heavy (non-hydrogen) atoms. The number of hydrogen-bond acceptors (Lipinski definition) is 5. The van der Waals surface area contributed by atoms with Crippen molar-refractivity contribution in [2.75, 3.05) is 13.2 Å². The molecule has 0 aromatic carbocycles. The molecule has 0 aliphatic heterocycles. The first-order valence-corrected chi connectivity index (χ1v) is 30.9. The van der Waals surface area contributed by atoms with Crippen LogP contribution in [0.4, 0.5) is 0 Å². The van der Waals surface area contributed by atoms with Crippen LogP contribution in [0.2, 0.25) is 0 Å². The summed E-state index contributed by atoms with van der Waals surface area (Å²) in [5, 5.41) is 23.2. The molecular weight excluding hydrogens is 839 g/mol. The number of allylic oxidation sites excluding steroid dienone is 2. The quantitative estimate of drug-likeness (QED) is 0.0321. The van der Waals surface area contributed by atoms with Gasteiger partial charge in [-0.05, 0) is 51.4 Å². The van der Waals surface area contributed by atoms with Gasteiger partial charge in [-0.25, -0.2) is 0 Å². The van der Waals surface area contributed by atoms with Crippen molar-refractivity contribution in [2.45, 2.75) is 360 Å². The van der Waals surface area contributed by atoms with Crippen LogP contribution in [-0.2, 0) is 14.3 Å². The average Bonchev–Trinajstić information content (AvgIpc) is 3.34. The highest BCUT2D eigenvalue weighted by atomic mass is 16.5. The van der Waals surface area contributed by atoms with Crippen molar-refractivity contribution in [1.29, 1.82) is 0 Å². The van der Waals surface area contributed by atoms with Crippen LogP contribution in [0.1, 0.15) is 348 Å². The van der Waals surface area contributed by atoms with Crippen molar-refractivity contribution in [3.05, 3.63) is 12.2 Å². The fourth-order valence-electron chi connectivity index (χ4n) is 9.81. The van der Waals surface area contributed by atoms with Crippen LogP contribution < -0.4 is 5.32 Å². The van der Waals surface area contributed by atoms with Gasteiger partial charge in [-0.3, -0.25) is 9.59 Å². The molecule has 0 radical (unpaired) electrons. The number of amides is 1. The Bertz CT molecular complexity index is 1020. The summed E-state index contributed by atoms with van der Waals surface area (Å²) >= 11 is 0. The van der Waals surface area contributed by atoms with Crippen LogP contribution in [0, 0.1) is 0 Å². The lowest BCUT2D eigenvalue weighted by Gasteiger charge is -2.22. The molecule has 0 aromatic heterocycles. The lowest BCUT2D eigenvalue weighted by atomic mass is 10.0. The van der Waals surface area contributed by atoms with Crippen LogP contribution >= 0.6 is 0 Å². The number of hydrogen-bond donors (Lipinski definition) is 3. The van der Waals surface area contributed by atoms with Crippen molar-refractivity contribution >= 4 is 11.9 Å². The summed E-state index contributed by atoms with van der Waals surface area (Å²) in [6.45, 7) is 4.97. The van der Waals surface area contributed by atoms with Crippen LogP contribution in [-0.4, -0.2) is 47.4 Å². The highest BCUT2D eigenvalue weighted by molar-refractivity contribution is 5.76. The Morgan fingerprint density at radius 1 is 0.397 bits per heavy atom. The molecule has 0 heterocycles. The van der Waals surface area contributed by atoms with E-state index in [1.165, 1.54) is 276 Å². The number of ether oxygens (including phenoxy) is 1. The Kier molecular flexibility index (Phi) is 57.0. The van der Waals surface area contributed by atoms with Crippen molar-refractivity contribution in [2.24, 2.45) is 0 Å². The summed E-state index contributed by atoms with van der Waals surface area (Å²) in [6, 6.07) is -0.542. The van der Waals surface area contributed by atoms with Crippen molar-refractivity contribution in [3.63, 3.8) is 0 Å². The van der Waals surface area contributed by atoms with Gasteiger partial charge in [0.2, 0.25) is 5.91 Å². The molecule has 6 nitrogen and oxygen atoms in total. The Hall–Kier alpha value is -1.40. The first kappa shape index (κ1) is 66.6. The zero-order valence-corrected chi connectivity index (χ0v) is 46.1. The molecule has 2 unspecified atom stereocenters. The summed E-state index contributed by atoms with van der Waals surface area (Å²) in [7, 11) is 0. The summed E-state index contributed by atoms with van der Waals surface area (Å²) in [5.41, 5.74) is 0. The maximum Gasteiger partial charge on any atom is 0.305 e. The molecule has 0 rings (SSSR count). The van der Waals surface area contributed by atoms with Gasteiger partial charge in [-0.15, -0.1) is 0 Å². The third-order valence-corrected chi connectivity index (χ3v) is 14.6. The molecule has 0 aliphatic carbocycles. The predicted octanol–water partition coefficient (Wildman–Crippen LogP) is 19.2. The van der Waals surface area contributed by atoms with E-state index in [1.54, 1.807) is 0 Å². The lowest BCUT2D eigenvalue weighted by molar-refractivity contribution is -0.143. The van der Waals surface area contributed by atoms with Crippen molar-refractivity contribution in [1.82, 2.24) is 5.32 Å². The van der Waals surface area contributed by atoms with Crippen LogP contribution in [0.25, 0.3) is 0 Å². The fourth-order valence-corrected chi connectivity index (χ4v) is 9.81. The largest absolute Gasteiger partial charge is 0.466 e. The second-order valence-electron chi connectivity index (χ2n) is 21.4. The van der Waals surface area contributed by atoms with Gasteiger partial charge < -0.3 is 20.3 Å². The third kappa shape index (κ3) is 53.9. The molecule has 1 amide bonds. The molecule has 2 atom stereocenters. The molecule has 404 valence electrons. The van der Waals surface area contributed by atoms with E-state index in [4.69, 9.17) is 4.74 Å². The SMILES string of the molecule is CCCCCCCCCCCCCCCC(=O)OCCCCCCCCCCCCCC/C=C\CCCCCCCCCCCC(=O)NC(CO)C(O)CCCCCCCCCCCCCCC. The molecule has 0 saturated carbocycles. The number of esters is 1. The molecule has 0 fully saturated rings. The Morgan fingerprint density at radius 3 is 1.04 bits per heavy atom. The highest BCUT2D eigenvalue weighted by Crippen LogP contribution is 2.18. The Balaban J connectivity index is 3.37. The number of aliphatic hydroxyl groups is 2. The molecular formula is C62H121NO5. The minimum atomic E-state index is -0.664. The fraction of sp³-hybridized carbons (Fsp3) is 0.935. The van der Waals surface area contributed by atoms with Crippen molar-refractivity contribution < 1.29 is 24.5 Å². The average molecular weight is 961 g/mol. The number of carbonyl (C=O) groups excluding carboxylic acids is 2. The summed E-state index contributed by atoms with van der Waals surface area (Å²) < 4.78 is 5.48. The van der Waals surface area contributed by atoms with Gasteiger partial charge in [0.25, 0.3) is 0 Å². The van der Waals surface area contributed by atoms with E-state index in [9.17, 15) is 19.8 Å². The maximum absolute atomic E-state index is 12.5. The van der Waals surface area contributed by atoms with Crippen LogP contribution in [0.3, 0.4) is 0 Å². The standard InChI is InChI=1S/C62H121NO5/c1-3-5-7-9-11-13-15-30-34-38-42-46-50-54-60(65)59(58-64)63-61(66)55-51-47-43-39-35-32-28-26-24-22-20-18-17-19-21-23-25-27-29-33-37-41-45-49-53-57-68-62(67)56-52-48-44-40-36-31-16-14-12-10-8-6-4-2/h18,20,59-60,64-65H,3-17,19,21-58H2,1-2H3,(H,63,66)/b20-18-. The van der Waals surface area contributed by atoms with Gasteiger partial charge in [0.05, 0.1) is 25.4 Å². The first-order valence-electron chi connectivity index (χ1n) is 30.9. The maximum atomic E-state index is 12.5. The van der Waals surface area contributed by atoms with E-state index in [0.29, 0.717) is 25.9 Å². The molecule has 0 saturated heterocycles. The van der Waals surface area contributed by atoms with Gasteiger partial charge in [0.15, 0.2) is 0 Å². The second kappa shape index (κ2) is 58.2. The van der Waals surface area contributed by atoms with Gasteiger partial charge in [-0.1, -0.05) is 296 Å². The van der Waals surface area contributed by atoms with Gasteiger partial charge in [-0.2, -0.15) is 0 Å². The number of carbonyl (C=O) groups is 2. The molecule has 3 N–H and O–H groups in total. The number of aliphatic hydroxyl groups excluding tert-OH is 2. The van der Waals surface area contributed by atoms with E-state index in [1.807, 2.05) is 0 Å². The van der Waals surface area contributed by atoms with Crippen LogP contribution in [0.5, 0.6) is 0 Å². The topological polar surface area (TPSA) is 95.9 Å². The van der Waals surface area contributed by atoms with E-state index >= 15 is 0 Å². The molecule has 0 aromatic rings. The first-order chi connectivity index (χ1) is 33.5. The van der Waals surface area contributed by atoms with E-state index < -0.39 is 12.1 Å². The second-order valence-corrected chi connectivity index (χ2v) is 21.4. The Morgan fingerprint density at radius 2 is 0.691 bits per heavy atom.